The van der Waals surface area contributed by atoms with E-state index in [1.807, 2.05) is 0 Å². The summed E-state index contributed by atoms with van der Waals surface area (Å²) < 4.78 is 64.6. The molecular formula is C24H18ClF4N3O8. The number of hydrogen-bond donors (Lipinski definition) is 3. The molecule has 3 aromatic rings. The Hall–Kier alpha value is -4.50. The van der Waals surface area contributed by atoms with Crippen molar-refractivity contribution in [2.45, 2.75) is 32.4 Å². The van der Waals surface area contributed by atoms with Crippen LogP contribution in [0.1, 0.15) is 27.9 Å². The molecule has 0 bridgehead atoms. The van der Waals surface area contributed by atoms with Gasteiger partial charge in [-0.3, -0.25) is 14.4 Å². The van der Waals surface area contributed by atoms with Crippen LogP contribution in [0.25, 0.3) is 0 Å². The summed E-state index contributed by atoms with van der Waals surface area (Å²) in [7, 11) is 0. The maximum Gasteiger partial charge on any atom is 0.417 e. The van der Waals surface area contributed by atoms with Gasteiger partial charge >= 0.3 is 18.1 Å². The quantitative estimate of drug-likeness (QED) is 0.250. The molecule has 0 aliphatic carbocycles. The summed E-state index contributed by atoms with van der Waals surface area (Å²) in [5.41, 5.74) is -2.68. The minimum atomic E-state index is -4.90. The van der Waals surface area contributed by atoms with Crippen LogP contribution in [-0.2, 0) is 27.2 Å². The highest BCUT2D eigenvalue weighted by Crippen LogP contribution is 2.40. The molecule has 3 N–H and O–H groups in total. The zero-order valence-corrected chi connectivity index (χ0v) is 20.9. The Labute approximate surface area is 226 Å². The van der Waals surface area contributed by atoms with Crippen LogP contribution in [0.4, 0.5) is 23.2 Å². The Morgan fingerprint density at radius 1 is 1.15 bits per heavy atom. The fourth-order valence-electron chi connectivity index (χ4n) is 3.15. The lowest BCUT2D eigenvalue weighted by molar-refractivity contribution is -0.162. The number of esters is 1. The lowest BCUT2D eigenvalue weighted by atomic mass is 10.1. The largest absolute Gasteiger partial charge is 0.481 e. The van der Waals surface area contributed by atoms with Gasteiger partial charge in [-0.05, 0) is 42.8 Å². The average molecular weight is 588 g/mol. The first-order valence-electron chi connectivity index (χ1n) is 11.0. The lowest BCUT2D eigenvalue weighted by Gasteiger charge is -2.17. The first-order chi connectivity index (χ1) is 18.6. The molecule has 0 saturated carbocycles. The van der Waals surface area contributed by atoms with Crippen molar-refractivity contribution >= 4 is 35.1 Å². The number of nitrogens with zero attached hydrogens (tertiary/aromatic N) is 2. The van der Waals surface area contributed by atoms with Gasteiger partial charge in [0.15, 0.2) is 12.8 Å². The van der Waals surface area contributed by atoms with E-state index in [1.165, 1.54) is 6.92 Å². The van der Waals surface area contributed by atoms with Crippen molar-refractivity contribution in [2.24, 2.45) is 0 Å². The SMILES string of the molecule is Cc1cc(F)ccc1Oc1cc(C(F)(F)F)c(Cl)cc1C(=O)Nc1cnn(COC(=O)C(O)CC(=O)O)c(=O)c1. The molecule has 11 nitrogen and oxygen atoms in total. The number of aryl methyl sites for hydroxylation is 1. The van der Waals surface area contributed by atoms with E-state index in [2.05, 4.69) is 15.2 Å². The van der Waals surface area contributed by atoms with Crippen LogP contribution in [-0.4, -0.2) is 43.9 Å². The van der Waals surface area contributed by atoms with Crippen molar-refractivity contribution in [2.75, 3.05) is 5.32 Å². The molecule has 212 valence electrons. The van der Waals surface area contributed by atoms with E-state index in [9.17, 15) is 41.8 Å². The fourth-order valence-corrected chi connectivity index (χ4v) is 3.42. The van der Waals surface area contributed by atoms with Crippen molar-refractivity contribution in [3.8, 4) is 11.5 Å². The molecule has 1 aromatic heterocycles. The van der Waals surface area contributed by atoms with Crippen LogP contribution in [0.15, 0.2) is 47.4 Å². The third-order valence-electron chi connectivity index (χ3n) is 5.07. The summed E-state index contributed by atoms with van der Waals surface area (Å²) in [6, 6.07) is 5.29. The van der Waals surface area contributed by atoms with Gasteiger partial charge in [-0.2, -0.15) is 23.0 Å². The van der Waals surface area contributed by atoms with E-state index in [0.29, 0.717) is 16.8 Å². The van der Waals surface area contributed by atoms with Gasteiger partial charge in [0.2, 0.25) is 0 Å². The molecule has 16 heteroatoms. The number of carbonyl (C=O) groups excluding carboxylic acids is 2. The monoisotopic (exact) mass is 587 g/mol. The second-order valence-electron chi connectivity index (χ2n) is 8.08. The van der Waals surface area contributed by atoms with Gasteiger partial charge in [-0.15, -0.1) is 0 Å². The fraction of sp³-hybridized carbons (Fsp3) is 0.208. The van der Waals surface area contributed by atoms with Crippen LogP contribution >= 0.6 is 11.6 Å². The number of aliphatic hydroxyl groups excluding tert-OH is 1. The number of rotatable bonds is 9. The number of aliphatic carboxylic acids is 1. The molecule has 0 spiro atoms. The first kappa shape index (κ1) is 30.0. The Balaban J connectivity index is 1.85. The number of aliphatic hydroxyl groups is 1. The smallest absolute Gasteiger partial charge is 0.417 e. The van der Waals surface area contributed by atoms with Crippen LogP contribution in [0.5, 0.6) is 11.5 Å². The topological polar surface area (TPSA) is 157 Å². The molecule has 1 unspecified atom stereocenters. The number of benzene rings is 2. The summed E-state index contributed by atoms with van der Waals surface area (Å²) in [4.78, 5) is 47.4. The number of aromatic nitrogens is 2. The molecule has 1 atom stereocenters. The Kier molecular flexibility index (Phi) is 9.11. The zero-order valence-electron chi connectivity index (χ0n) is 20.2. The summed E-state index contributed by atoms with van der Waals surface area (Å²) >= 11 is 5.78. The normalized spacial score (nSPS) is 12.0. The van der Waals surface area contributed by atoms with Crippen molar-refractivity contribution in [3.05, 3.63) is 80.5 Å². The van der Waals surface area contributed by atoms with E-state index in [0.717, 1.165) is 30.5 Å². The molecule has 40 heavy (non-hydrogen) atoms. The number of alkyl halides is 3. The Morgan fingerprint density at radius 3 is 2.45 bits per heavy atom. The molecule has 0 saturated heterocycles. The predicted molar refractivity (Wildman–Crippen MR) is 128 cm³/mol. The number of hydrogen-bond acceptors (Lipinski definition) is 8. The molecular weight excluding hydrogens is 570 g/mol. The van der Waals surface area contributed by atoms with E-state index in [-0.39, 0.29) is 17.0 Å². The van der Waals surface area contributed by atoms with Crippen LogP contribution in [0.2, 0.25) is 5.02 Å². The minimum Gasteiger partial charge on any atom is -0.481 e. The maximum atomic E-state index is 13.5. The van der Waals surface area contributed by atoms with Crippen molar-refractivity contribution in [1.29, 1.82) is 0 Å². The summed E-state index contributed by atoms with van der Waals surface area (Å²) in [5.74, 6) is -5.07. The van der Waals surface area contributed by atoms with Gasteiger partial charge < -0.3 is 25.0 Å². The molecule has 2 aromatic carbocycles. The zero-order chi connectivity index (χ0) is 29.8. The number of carboxylic acid groups (broad SMARTS) is 1. The molecule has 0 radical (unpaired) electrons. The van der Waals surface area contributed by atoms with Gasteiger partial charge in [0.25, 0.3) is 11.5 Å². The van der Waals surface area contributed by atoms with Gasteiger partial charge in [0, 0.05) is 6.07 Å². The van der Waals surface area contributed by atoms with E-state index in [4.69, 9.17) is 21.4 Å². The predicted octanol–water partition coefficient (Wildman–Crippen LogP) is 3.74. The Morgan fingerprint density at radius 2 is 1.85 bits per heavy atom. The number of amides is 1. The third kappa shape index (κ3) is 7.54. The summed E-state index contributed by atoms with van der Waals surface area (Å²) in [5, 5.41) is 23.1. The number of halogens is 5. The van der Waals surface area contributed by atoms with Crippen molar-refractivity contribution in [3.63, 3.8) is 0 Å². The minimum absolute atomic E-state index is 0.0434. The molecule has 0 aliphatic rings. The maximum absolute atomic E-state index is 13.5. The number of carbonyl (C=O) groups is 3. The van der Waals surface area contributed by atoms with Gasteiger partial charge in [0.1, 0.15) is 17.3 Å². The number of carboxylic acids is 1. The number of ether oxygens (including phenoxy) is 2. The van der Waals surface area contributed by atoms with Crippen molar-refractivity contribution in [1.82, 2.24) is 9.78 Å². The molecule has 0 fully saturated rings. The highest BCUT2D eigenvalue weighted by atomic mass is 35.5. The van der Waals surface area contributed by atoms with Gasteiger partial charge in [-0.1, -0.05) is 11.6 Å². The molecule has 3 rings (SSSR count). The van der Waals surface area contributed by atoms with E-state index in [1.54, 1.807) is 0 Å². The second-order valence-corrected chi connectivity index (χ2v) is 8.49. The van der Waals surface area contributed by atoms with E-state index >= 15 is 0 Å². The van der Waals surface area contributed by atoms with E-state index < -0.39 is 76.6 Å². The Bertz CT molecular complexity index is 1530. The number of nitrogens with one attached hydrogen (secondary N) is 1. The van der Waals surface area contributed by atoms with Crippen LogP contribution < -0.4 is 15.6 Å². The summed E-state index contributed by atoms with van der Waals surface area (Å²) in [6.07, 6.45) is -6.86. The first-order valence-corrected chi connectivity index (χ1v) is 11.3. The molecule has 1 amide bonds. The van der Waals surface area contributed by atoms with Crippen LogP contribution in [0, 0.1) is 12.7 Å². The van der Waals surface area contributed by atoms with Gasteiger partial charge in [0.05, 0.1) is 34.5 Å². The van der Waals surface area contributed by atoms with Crippen LogP contribution in [0.3, 0.4) is 0 Å². The van der Waals surface area contributed by atoms with Gasteiger partial charge in [-0.25, -0.2) is 9.18 Å². The summed E-state index contributed by atoms with van der Waals surface area (Å²) in [6.45, 7) is 0.635. The lowest BCUT2D eigenvalue weighted by Crippen LogP contribution is -2.30. The molecule has 0 aliphatic heterocycles. The number of anilines is 1. The molecule has 1 heterocycles. The highest BCUT2D eigenvalue weighted by Gasteiger charge is 2.35. The average Bonchev–Trinajstić information content (AvgIpc) is 2.84. The highest BCUT2D eigenvalue weighted by molar-refractivity contribution is 6.32. The second kappa shape index (κ2) is 12.1. The standard InChI is InChI=1S/C24H18ClF4N3O8/c1-11-4-12(26)2-3-18(11)40-19-7-15(24(27,28)29)16(25)6-14(19)22(37)31-13-5-20(34)32(30-9-13)10-39-23(38)17(33)8-21(35)36/h2-7,9,17,33H,8,10H2,1H3,(H,31,37)(H,35,36). The third-order valence-corrected chi connectivity index (χ3v) is 5.39. The van der Waals surface area contributed by atoms with Crippen molar-refractivity contribution < 1.29 is 51.6 Å².